The van der Waals surface area contributed by atoms with E-state index < -0.39 is 5.60 Å². The van der Waals surface area contributed by atoms with Gasteiger partial charge in [0.25, 0.3) is 0 Å². The lowest BCUT2D eigenvalue weighted by Crippen LogP contribution is -2.36. The molecule has 2 rings (SSSR count). The molecule has 1 fully saturated rings. The lowest BCUT2D eigenvalue weighted by molar-refractivity contribution is -0.125. The van der Waals surface area contributed by atoms with E-state index >= 15 is 0 Å². The maximum atomic E-state index is 12.9. The average molecular weight is 301 g/mol. The molecule has 1 aliphatic carbocycles. The van der Waals surface area contributed by atoms with Crippen molar-refractivity contribution in [2.24, 2.45) is 0 Å². The fourth-order valence-electron chi connectivity index (χ4n) is 2.19. The Labute approximate surface area is 108 Å². The van der Waals surface area contributed by atoms with Crippen LogP contribution in [-0.2, 0) is 11.2 Å². The van der Waals surface area contributed by atoms with Crippen molar-refractivity contribution in [2.45, 2.75) is 37.7 Å². The molecule has 0 aromatic heterocycles. The molecule has 0 amide bonds. The highest BCUT2D eigenvalue weighted by Crippen LogP contribution is 2.32. The predicted molar refractivity (Wildman–Crippen MR) is 66.2 cm³/mol. The topological polar surface area (TPSA) is 37.3 Å². The van der Waals surface area contributed by atoms with Gasteiger partial charge in [-0.3, -0.25) is 4.79 Å². The van der Waals surface area contributed by atoms with E-state index in [1.807, 2.05) is 0 Å². The summed E-state index contributed by atoms with van der Waals surface area (Å²) in [6.45, 7) is 0. The highest BCUT2D eigenvalue weighted by molar-refractivity contribution is 9.10. The Kier molecular flexibility index (Phi) is 3.64. The van der Waals surface area contributed by atoms with Crippen LogP contribution in [-0.4, -0.2) is 16.5 Å². The first-order valence-corrected chi connectivity index (χ1v) is 6.46. The van der Waals surface area contributed by atoms with E-state index in [4.69, 9.17) is 0 Å². The summed E-state index contributed by atoms with van der Waals surface area (Å²) >= 11 is 3.29. The van der Waals surface area contributed by atoms with Crippen LogP contribution in [0.1, 0.15) is 31.2 Å². The van der Waals surface area contributed by atoms with Crippen molar-refractivity contribution in [3.05, 3.63) is 34.1 Å². The second-order valence-electron chi connectivity index (χ2n) is 4.68. The largest absolute Gasteiger partial charge is 0.390 e. The number of carbonyl (C=O) groups excluding carboxylic acids is 1. The van der Waals surface area contributed by atoms with Gasteiger partial charge in [0.2, 0.25) is 0 Å². The lowest BCUT2D eigenvalue weighted by atomic mass is 9.80. The lowest BCUT2D eigenvalue weighted by Gasteiger charge is -2.31. The quantitative estimate of drug-likeness (QED) is 0.912. The van der Waals surface area contributed by atoms with E-state index in [1.54, 1.807) is 6.07 Å². The number of halogens is 2. The Balaban J connectivity index is 2.12. The summed E-state index contributed by atoms with van der Waals surface area (Å²) < 4.78 is 13.6. The fourth-order valence-corrected chi connectivity index (χ4v) is 2.68. The Morgan fingerprint density at radius 3 is 2.59 bits per heavy atom. The second kappa shape index (κ2) is 4.86. The van der Waals surface area contributed by atoms with Gasteiger partial charge in [0, 0.05) is 23.7 Å². The summed E-state index contributed by atoms with van der Waals surface area (Å²) in [5.41, 5.74) is 0.0529. The highest BCUT2D eigenvalue weighted by Gasteiger charge is 2.32. The Morgan fingerprint density at radius 2 is 2.00 bits per heavy atom. The maximum Gasteiger partial charge on any atom is 0.133 e. The third-order valence-electron chi connectivity index (χ3n) is 3.27. The molecular formula is C13H14BrFO2. The minimum atomic E-state index is -0.825. The van der Waals surface area contributed by atoms with E-state index in [9.17, 15) is 14.3 Å². The summed E-state index contributed by atoms with van der Waals surface area (Å²) in [6, 6.07) is 4.46. The van der Waals surface area contributed by atoms with Gasteiger partial charge >= 0.3 is 0 Å². The SMILES string of the molecule is O=C1CCC(O)(Cc2ccc(F)cc2Br)CC1. The molecule has 1 aliphatic rings. The number of rotatable bonds is 2. The van der Waals surface area contributed by atoms with Crippen LogP contribution in [0.4, 0.5) is 4.39 Å². The molecule has 2 nitrogen and oxygen atoms in total. The first-order valence-electron chi connectivity index (χ1n) is 5.67. The van der Waals surface area contributed by atoms with Crippen molar-refractivity contribution < 1.29 is 14.3 Å². The van der Waals surface area contributed by atoms with Crippen LogP contribution >= 0.6 is 15.9 Å². The minimum Gasteiger partial charge on any atom is -0.390 e. The van der Waals surface area contributed by atoms with Crippen molar-refractivity contribution in [3.8, 4) is 0 Å². The molecule has 0 spiro atoms. The van der Waals surface area contributed by atoms with Gasteiger partial charge in [-0.2, -0.15) is 0 Å². The number of hydrogen-bond acceptors (Lipinski definition) is 2. The molecule has 17 heavy (non-hydrogen) atoms. The van der Waals surface area contributed by atoms with E-state index in [1.165, 1.54) is 12.1 Å². The number of hydrogen-bond donors (Lipinski definition) is 1. The summed E-state index contributed by atoms with van der Waals surface area (Å²) in [7, 11) is 0. The molecule has 4 heteroatoms. The van der Waals surface area contributed by atoms with Crippen molar-refractivity contribution >= 4 is 21.7 Å². The Bertz CT molecular complexity index is 435. The molecule has 0 saturated heterocycles. The summed E-state index contributed by atoms with van der Waals surface area (Å²) in [5.74, 6) is -0.0840. The number of ketones is 1. The van der Waals surface area contributed by atoms with Crippen LogP contribution < -0.4 is 0 Å². The van der Waals surface area contributed by atoms with Gasteiger partial charge in [-0.1, -0.05) is 22.0 Å². The highest BCUT2D eigenvalue weighted by atomic mass is 79.9. The summed E-state index contributed by atoms with van der Waals surface area (Å²) in [5, 5.41) is 10.4. The van der Waals surface area contributed by atoms with Gasteiger partial charge in [0.15, 0.2) is 0 Å². The van der Waals surface area contributed by atoms with E-state index in [2.05, 4.69) is 15.9 Å². The fraction of sp³-hybridized carbons (Fsp3) is 0.462. The molecule has 0 heterocycles. The summed E-state index contributed by atoms with van der Waals surface area (Å²) in [6.07, 6.45) is 2.33. The number of aliphatic hydroxyl groups is 1. The normalized spacial score (nSPS) is 19.4. The summed E-state index contributed by atoms with van der Waals surface area (Å²) in [4.78, 5) is 11.1. The zero-order chi connectivity index (χ0) is 12.5. The van der Waals surface area contributed by atoms with Gasteiger partial charge in [-0.15, -0.1) is 0 Å². The number of benzene rings is 1. The first-order chi connectivity index (χ1) is 7.98. The van der Waals surface area contributed by atoms with Crippen LogP contribution in [0.2, 0.25) is 0 Å². The minimum absolute atomic E-state index is 0.216. The second-order valence-corrected chi connectivity index (χ2v) is 5.53. The number of Topliss-reactive ketones (excluding diaryl/α,β-unsaturated/α-hetero) is 1. The van der Waals surface area contributed by atoms with Crippen LogP contribution in [0.25, 0.3) is 0 Å². The van der Waals surface area contributed by atoms with Gasteiger partial charge in [0.1, 0.15) is 11.6 Å². The molecule has 1 N–H and O–H groups in total. The monoisotopic (exact) mass is 300 g/mol. The molecule has 0 unspecified atom stereocenters. The molecule has 1 aromatic rings. The predicted octanol–water partition coefficient (Wildman–Crippen LogP) is 3.00. The average Bonchev–Trinajstić information content (AvgIpc) is 2.27. The molecule has 0 atom stereocenters. The molecule has 0 aliphatic heterocycles. The van der Waals surface area contributed by atoms with E-state index in [0.29, 0.717) is 36.6 Å². The Morgan fingerprint density at radius 1 is 1.35 bits per heavy atom. The maximum absolute atomic E-state index is 12.9. The van der Waals surface area contributed by atoms with Gasteiger partial charge < -0.3 is 5.11 Å². The van der Waals surface area contributed by atoms with E-state index in [0.717, 1.165) is 5.56 Å². The van der Waals surface area contributed by atoms with Crippen LogP contribution in [0.5, 0.6) is 0 Å². The van der Waals surface area contributed by atoms with Crippen LogP contribution in [0.15, 0.2) is 22.7 Å². The molecule has 92 valence electrons. The Hall–Kier alpha value is -0.740. The third-order valence-corrected chi connectivity index (χ3v) is 4.01. The first kappa shape index (κ1) is 12.7. The van der Waals surface area contributed by atoms with Crippen LogP contribution in [0, 0.1) is 5.82 Å². The molecular weight excluding hydrogens is 287 g/mol. The van der Waals surface area contributed by atoms with Crippen molar-refractivity contribution in [1.29, 1.82) is 0 Å². The van der Waals surface area contributed by atoms with Crippen molar-refractivity contribution in [2.75, 3.05) is 0 Å². The molecule has 1 aromatic carbocycles. The van der Waals surface area contributed by atoms with E-state index in [-0.39, 0.29) is 11.6 Å². The number of carbonyl (C=O) groups is 1. The van der Waals surface area contributed by atoms with Gasteiger partial charge in [-0.25, -0.2) is 4.39 Å². The zero-order valence-corrected chi connectivity index (χ0v) is 11.0. The van der Waals surface area contributed by atoms with Gasteiger partial charge in [-0.05, 0) is 30.5 Å². The van der Waals surface area contributed by atoms with Crippen LogP contribution in [0.3, 0.4) is 0 Å². The third kappa shape index (κ3) is 3.13. The van der Waals surface area contributed by atoms with Crippen molar-refractivity contribution in [3.63, 3.8) is 0 Å². The molecule has 0 bridgehead atoms. The molecule has 0 radical (unpaired) electrons. The standard InChI is InChI=1S/C13H14BrFO2/c14-12-7-10(15)2-1-9(12)8-13(17)5-3-11(16)4-6-13/h1-2,7,17H,3-6,8H2. The zero-order valence-electron chi connectivity index (χ0n) is 9.38. The van der Waals surface area contributed by atoms with Crippen molar-refractivity contribution in [1.82, 2.24) is 0 Å². The molecule has 1 saturated carbocycles. The smallest absolute Gasteiger partial charge is 0.133 e. The van der Waals surface area contributed by atoms with Gasteiger partial charge in [0.05, 0.1) is 5.60 Å².